The lowest BCUT2D eigenvalue weighted by molar-refractivity contribution is -0.110. The van der Waals surface area contributed by atoms with Gasteiger partial charge in [0.1, 0.15) is 5.76 Å². The van der Waals surface area contributed by atoms with E-state index in [2.05, 4.69) is 0 Å². The summed E-state index contributed by atoms with van der Waals surface area (Å²) in [5.41, 5.74) is 0.203. The smallest absolute Gasteiger partial charge is 0.357 e. The second kappa shape index (κ2) is 7.24. The zero-order valence-electron chi connectivity index (χ0n) is 13.1. The van der Waals surface area contributed by atoms with Crippen molar-refractivity contribution in [2.24, 2.45) is 0 Å². The Labute approximate surface area is 130 Å². The molecule has 0 saturated heterocycles. The number of aliphatic hydroxyl groups is 1. The normalized spacial score (nSPS) is 17.8. The molecule has 0 heterocycles. The highest BCUT2D eigenvalue weighted by Gasteiger charge is 2.47. The van der Waals surface area contributed by atoms with Crippen molar-refractivity contribution < 1.29 is 28.7 Å². The summed E-state index contributed by atoms with van der Waals surface area (Å²) in [6, 6.07) is 0. The Balaban J connectivity index is 3.11. The number of nitrogens with zero attached hydrogens (tertiary/aromatic N) is 1. The zero-order chi connectivity index (χ0) is 17.0. The van der Waals surface area contributed by atoms with Crippen LogP contribution in [0.5, 0.6) is 0 Å². The Kier molecular flexibility index (Phi) is 6.14. The van der Waals surface area contributed by atoms with E-state index in [0.717, 1.165) is 6.08 Å². The summed E-state index contributed by atoms with van der Waals surface area (Å²) in [7, 11) is -3.64. The molecule has 0 bridgehead atoms. The van der Waals surface area contributed by atoms with Gasteiger partial charge in [0.15, 0.2) is 11.1 Å². The maximum absolute atomic E-state index is 12.8. The van der Waals surface area contributed by atoms with Crippen LogP contribution in [0.4, 0.5) is 0 Å². The van der Waals surface area contributed by atoms with Crippen molar-refractivity contribution in [1.82, 2.24) is 5.06 Å². The highest BCUT2D eigenvalue weighted by Crippen LogP contribution is 2.60. The molecule has 22 heavy (non-hydrogen) atoms. The summed E-state index contributed by atoms with van der Waals surface area (Å²) in [5.74, 6) is -0.641. The van der Waals surface area contributed by atoms with Crippen molar-refractivity contribution in [3.8, 4) is 0 Å². The molecule has 124 valence electrons. The highest BCUT2D eigenvalue weighted by atomic mass is 31.2. The van der Waals surface area contributed by atoms with Crippen molar-refractivity contribution in [1.29, 1.82) is 0 Å². The molecule has 0 spiro atoms. The lowest BCUT2D eigenvalue weighted by Crippen LogP contribution is -2.39. The van der Waals surface area contributed by atoms with Crippen LogP contribution in [0.3, 0.4) is 0 Å². The van der Waals surface area contributed by atoms with Crippen LogP contribution in [0.2, 0.25) is 0 Å². The average Bonchev–Trinajstić information content (AvgIpc) is 2.42. The van der Waals surface area contributed by atoms with Crippen LogP contribution >= 0.6 is 7.60 Å². The van der Waals surface area contributed by atoms with Gasteiger partial charge in [0.25, 0.3) is 0 Å². The van der Waals surface area contributed by atoms with Crippen LogP contribution < -0.4 is 0 Å². The maximum Gasteiger partial charge on any atom is 0.357 e. The number of carbonyl (C=O) groups excluding carboxylic acids is 1. The van der Waals surface area contributed by atoms with Crippen molar-refractivity contribution >= 4 is 13.4 Å². The fraction of sp³-hybridized carbons (Fsp3) is 0.500. The van der Waals surface area contributed by atoms with E-state index in [0.29, 0.717) is 5.06 Å². The van der Waals surface area contributed by atoms with Gasteiger partial charge in [-0.15, -0.1) is 0 Å². The van der Waals surface area contributed by atoms with Gasteiger partial charge < -0.3 is 14.2 Å². The Morgan fingerprint density at radius 3 is 2.27 bits per heavy atom. The van der Waals surface area contributed by atoms with Crippen LogP contribution in [-0.4, -0.2) is 39.7 Å². The summed E-state index contributed by atoms with van der Waals surface area (Å²) in [5, 5.41) is 19.3. The lowest BCUT2D eigenvalue weighted by atomic mass is 10.1. The molecule has 0 aromatic heterocycles. The summed E-state index contributed by atoms with van der Waals surface area (Å²) in [6.45, 7) is 6.65. The monoisotopic (exact) mass is 331 g/mol. The van der Waals surface area contributed by atoms with E-state index in [1.165, 1.54) is 32.2 Å². The van der Waals surface area contributed by atoms with Gasteiger partial charge in [0.2, 0.25) is 0 Å². The molecule has 0 saturated carbocycles. The van der Waals surface area contributed by atoms with Crippen LogP contribution in [-0.2, 0) is 18.4 Å². The van der Waals surface area contributed by atoms with Crippen LogP contribution in [0, 0.1) is 0 Å². The number of allylic oxidation sites excluding steroid dienone is 3. The molecule has 7 nitrogen and oxygen atoms in total. The third-order valence-corrected chi connectivity index (χ3v) is 5.83. The van der Waals surface area contributed by atoms with E-state index in [1.807, 2.05) is 0 Å². The van der Waals surface area contributed by atoms with E-state index in [-0.39, 0.29) is 30.3 Å². The van der Waals surface area contributed by atoms with E-state index >= 15 is 0 Å². The second-order valence-electron chi connectivity index (χ2n) is 5.02. The third-order valence-electron chi connectivity index (χ3n) is 3.09. The van der Waals surface area contributed by atoms with Gasteiger partial charge in [-0.25, -0.2) is 5.06 Å². The summed E-state index contributed by atoms with van der Waals surface area (Å²) >= 11 is 0. The van der Waals surface area contributed by atoms with Crippen molar-refractivity contribution in [3.63, 3.8) is 0 Å². The second-order valence-corrected chi connectivity index (χ2v) is 7.63. The molecule has 0 aliphatic heterocycles. The van der Waals surface area contributed by atoms with Crippen molar-refractivity contribution in [2.45, 2.75) is 33.0 Å². The standard InChI is InChI=1S/C14H22NO6P/c1-5-20-22(19,21-6-2)14(3,4)15(18)10-11-7-8-12(16)9-13(11)17/h7-10,17-18H,5-6H2,1-4H3. The Morgan fingerprint density at radius 2 is 1.82 bits per heavy atom. The number of ketones is 1. The fourth-order valence-electron chi connectivity index (χ4n) is 1.74. The first-order valence-corrected chi connectivity index (χ1v) is 8.44. The molecule has 0 radical (unpaired) electrons. The molecule has 1 rings (SSSR count). The first-order chi connectivity index (χ1) is 10.2. The van der Waals surface area contributed by atoms with Gasteiger partial charge in [-0.05, 0) is 39.8 Å². The Bertz CT molecular complexity index is 554. The zero-order valence-corrected chi connectivity index (χ0v) is 14.0. The number of hydrogen-bond acceptors (Lipinski definition) is 7. The van der Waals surface area contributed by atoms with Gasteiger partial charge in [-0.1, -0.05) is 0 Å². The molecule has 0 aromatic carbocycles. The van der Waals surface area contributed by atoms with E-state index in [1.54, 1.807) is 13.8 Å². The summed E-state index contributed by atoms with van der Waals surface area (Å²) in [6.07, 6.45) is 4.79. The molecule has 8 heteroatoms. The molecule has 0 atom stereocenters. The summed E-state index contributed by atoms with van der Waals surface area (Å²) in [4.78, 5) is 11.1. The molecule has 0 unspecified atom stereocenters. The first kappa shape index (κ1) is 18.6. The lowest BCUT2D eigenvalue weighted by Gasteiger charge is -2.37. The number of hydroxylamine groups is 2. The topological polar surface area (TPSA) is 96.3 Å². The quantitative estimate of drug-likeness (QED) is 0.546. The van der Waals surface area contributed by atoms with Crippen LogP contribution in [0.1, 0.15) is 27.7 Å². The highest BCUT2D eigenvalue weighted by molar-refractivity contribution is 7.55. The molecular weight excluding hydrogens is 309 g/mol. The fourth-order valence-corrected chi connectivity index (χ4v) is 3.44. The minimum absolute atomic E-state index is 0.157. The molecule has 0 aromatic rings. The van der Waals surface area contributed by atoms with E-state index < -0.39 is 12.9 Å². The predicted molar refractivity (Wildman–Crippen MR) is 81.5 cm³/mol. The molecule has 2 N–H and O–H groups in total. The van der Waals surface area contributed by atoms with Gasteiger partial charge in [-0.3, -0.25) is 14.6 Å². The van der Waals surface area contributed by atoms with Gasteiger partial charge >= 0.3 is 7.60 Å². The van der Waals surface area contributed by atoms with E-state index in [9.17, 15) is 19.7 Å². The number of aliphatic hydroxyl groups excluding tert-OH is 1. The van der Waals surface area contributed by atoms with Crippen LogP contribution in [0.25, 0.3) is 0 Å². The molecule has 0 fully saturated rings. The Morgan fingerprint density at radius 1 is 1.27 bits per heavy atom. The van der Waals surface area contributed by atoms with Gasteiger partial charge in [0.05, 0.1) is 13.2 Å². The van der Waals surface area contributed by atoms with Crippen molar-refractivity contribution in [2.75, 3.05) is 13.2 Å². The largest absolute Gasteiger partial charge is 0.507 e. The minimum atomic E-state index is -3.64. The molecule has 1 aliphatic rings. The SMILES string of the molecule is CCOP(=O)(OCC)C(C)(C)N(O)C=C1C=CC(=O)C=C1O. The molecule has 1 aliphatic carbocycles. The molecular formula is C14H22NO6P. The Hall–Kier alpha value is -1.40. The number of carbonyl (C=O) groups is 1. The first-order valence-electron chi connectivity index (χ1n) is 6.90. The number of hydrogen-bond donors (Lipinski definition) is 2. The van der Waals surface area contributed by atoms with Gasteiger partial charge in [0, 0.05) is 17.8 Å². The van der Waals surface area contributed by atoms with Crippen molar-refractivity contribution in [3.05, 3.63) is 35.8 Å². The number of rotatable bonds is 7. The minimum Gasteiger partial charge on any atom is -0.507 e. The molecule has 0 amide bonds. The summed E-state index contributed by atoms with van der Waals surface area (Å²) < 4.78 is 23.3. The van der Waals surface area contributed by atoms with Gasteiger partial charge in [-0.2, -0.15) is 0 Å². The van der Waals surface area contributed by atoms with Crippen LogP contribution in [0.15, 0.2) is 35.8 Å². The predicted octanol–water partition coefficient (Wildman–Crippen LogP) is 3.14. The third kappa shape index (κ3) is 3.87. The average molecular weight is 331 g/mol. The maximum atomic E-state index is 12.8. The van der Waals surface area contributed by atoms with E-state index in [4.69, 9.17) is 9.05 Å².